The number of nitrogens with one attached hydrogen (secondary N) is 1. The molecule has 0 bridgehead atoms. The largest absolute Gasteiger partial charge is 0.330 e. The van der Waals surface area contributed by atoms with Crippen LogP contribution in [0.3, 0.4) is 0 Å². The lowest BCUT2D eigenvalue weighted by atomic mass is 10.0. The monoisotopic (exact) mass is 194 g/mol. The molecule has 1 rings (SSSR count). The molecule has 0 aromatic rings. The van der Waals surface area contributed by atoms with Gasteiger partial charge in [-0.2, -0.15) is 0 Å². The molecule has 1 aliphatic carbocycles. The van der Waals surface area contributed by atoms with E-state index in [9.17, 15) is 0 Å². The fourth-order valence-electron chi connectivity index (χ4n) is 2.23. The summed E-state index contributed by atoms with van der Waals surface area (Å²) in [5.74, 6) is 3.38. The highest BCUT2D eigenvalue weighted by Gasteiger charge is 2.24. The maximum atomic E-state index is 5.71. The summed E-state index contributed by atoms with van der Waals surface area (Å²) in [6.07, 6.45) is 12.4. The van der Waals surface area contributed by atoms with Crippen molar-refractivity contribution in [2.24, 2.45) is 11.7 Å². The van der Waals surface area contributed by atoms with E-state index >= 15 is 0 Å². The lowest BCUT2D eigenvalue weighted by molar-refractivity contribution is 0.404. The summed E-state index contributed by atoms with van der Waals surface area (Å²) in [5, 5.41) is 3.59. The first-order chi connectivity index (χ1) is 6.88. The summed E-state index contributed by atoms with van der Waals surface area (Å²) in [6.45, 7) is 1.94. The summed E-state index contributed by atoms with van der Waals surface area (Å²) >= 11 is 0. The Labute approximate surface area is 87.6 Å². The van der Waals surface area contributed by atoms with Crippen LogP contribution in [0.15, 0.2) is 0 Å². The van der Waals surface area contributed by atoms with Gasteiger partial charge in [0, 0.05) is 12.5 Å². The van der Waals surface area contributed by atoms with Crippen molar-refractivity contribution < 1.29 is 0 Å². The van der Waals surface area contributed by atoms with Gasteiger partial charge in [0.1, 0.15) is 0 Å². The van der Waals surface area contributed by atoms with Crippen LogP contribution in [0.2, 0.25) is 0 Å². The molecule has 0 aliphatic heterocycles. The summed E-state index contributed by atoms with van der Waals surface area (Å²) in [4.78, 5) is 0. The molecule has 2 nitrogen and oxygen atoms in total. The minimum Gasteiger partial charge on any atom is -0.330 e. The first-order valence-electron chi connectivity index (χ1n) is 5.75. The molecule has 2 atom stereocenters. The molecule has 0 spiro atoms. The molecule has 1 aliphatic rings. The van der Waals surface area contributed by atoms with Crippen LogP contribution in [0.25, 0.3) is 0 Å². The van der Waals surface area contributed by atoms with Gasteiger partial charge in [-0.15, -0.1) is 12.3 Å². The van der Waals surface area contributed by atoms with Crippen molar-refractivity contribution in [3.05, 3.63) is 0 Å². The second-order valence-electron chi connectivity index (χ2n) is 4.15. The molecule has 0 heterocycles. The molecule has 0 radical (unpaired) electrons. The highest BCUT2D eigenvalue weighted by molar-refractivity contribution is 4.85. The van der Waals surface area contributed by atoms with Crippen LogP contribution in [0.1, 0.15) is 38.5 Å². The smallest absolute Gasteiger partial charge is 0.0107 e. The minimum absolute atomic E-state index is 0.672. The van der Waals surface area contributed by atoms with Crippen LogP contribution in [-0.4, -0.2) is 19.1 Å². The molecule has 1 saturated carbocycles. The third kappa shape index (κ3) is 3.69. The Hall–Kier alpha value is -0.520. The average molecular weight is 194 g/mol. The van der Waals surface area contributed by atoms with Gasteiger partial charge >= 0.3 is 0 Å². The third-order valence-corrected chi connectivity index (χ3v) is 3.12. The molecule has 0 saturated heterocycles. The molecule has 0 aromatic carbocycles. The van der Waals surface area contributed by atoms with E-state index in [1.54, 1.807) is 0 Å². The van der Waals surface area contributed by atoms with E-state index in [4.69, 9.17) is 12.2 Å². The molecule has 0 aromatic heterocycles. The van der Waals surface area contributed by atoms with E-state index in [2.05, 4.69) is 11.2 Å². The summed E-state index contributed by atoms with van der Waals surface area (Å²) in [6, 6.07) is 0.672. The molecular weight excluding hydrogens is 172 g/mol. The van der Waals surface area contributed by atoms with Gasteiger partial charge in [0.2, 0.25) is 0 Å². The molecule has 3 N–H and O–H groups in total. The van der Waals surface area contributed by atoms with Gasteiger partial charge < -0.3 is 11.1 Å². The number of hydrogen-bond donors (Lipinski definition) is 2. The van der Waals surface area contributed by atoms with Gasteiger partial charge in [-0.3, -0.25) is 0 Å². The number of nitrogens with two attached hydrogens (primary N) is 1. The van der Waals surface area contributed by atoms with Crippen molar-refractivity contribution >= 4 is 0 Å². The summed E-state index contributed by atoms with van der Waals surface area (Å²) in [5.41, 5.74) is 5.71. The average Bonchev–Trinajstić information content (AvgIpc) is 2.65. The molecule has 80 valence electrons. The Kier molecular flexibility index (Phi) is 5.66. The number of rotatable bonds is 6. The first-order valence-corrected chi connectivity index (χ1v) is 5.75. The lowest BCUT2D eigenvalue weighted by Gasteiger charge is -2.19. The Bertz CT molecular complexity index is 183. The second kappa shape index (κ2) is 6.86. The SMILES string of the molecule is C#CCCCCNC1CCCC1CN. The standard InChI is InChI=1S/C12H22N2/c1-2-3-4-5-9-14-12-8-6-7-11(12)10-13/h1,11-12,14H,3-10,13H2. The molecule has 2 heteroatoms. The van der Waals surface area contributed by atoms with Crippen molar-refractivity contribution in [2.75, 3.05) is 13.1 Å². The van der Waals surface area contributed by atoms with E-state index in [0.717, 1.165) is 25.9 Å². The highest BCUT2D eigenvalue weighted by Crippen LogP contribution is 2.24. The predicted octanol–water partition coefficient (Wildman–Crippen LogP) is 1.51. The van der Waals surface area contributed by atoms with E-state index in [0.29, 0.717) is 12.0 Å². The lowest BCUT2D eigenvalue weighted by Crippen LogP contribution is -2.36. The van der Waals surface area contributed by atoms with Crippen LogP contribution in [0.4, 0.5) is 0 Å². The molecule has 14 heavy (non-hydrogen) atoms. The van der Waals surface area contributed by atoms with Crippen LogP contribution in [-0.2, 0) is 0 Å². The zero-order valence-corrected chi connectivity index (χ0v) is 8.97. The van der Waals surface area contributed by atoms with Gasteiger partial charge in [0.05, 0.1) is 0 Å². The highest BCUT2D eigenvalue weighted by atomic mass is 14.9. The Morgan fingerprint density at radius 3 is 2.93 bits per heavy atom. The number of terminal acetylenes is 1. The van der Waals surface area contributed by atoms with E-state index in [-0.39, 0.29) is 0 Å². The molecular formula is C12H22N2. The van der Waals surface area contributed by atoms with E-state index in [1.165, 1.54) is 25.7 Å². The topological polar surface area (TPSA) is 38.0 Å². The van der Waals surface area contributed by atoms with Crippen molar-refractivity contribution in [1.82, 2.24) is 5.32 Å². The van der Waals surface area contributed by atoms with Gasteiger partial charge in [0.25, 0.3) is 0 Å². The maximum absolute atomic E-state index is 5.71. The molecule has 2 unspecified atom stereocenters. The van der Waals surface area contributed by atoms with Gasteiger partial charge in [0.15, 0.2) is 0 Å². The summed E-state index contributed by atoms with van der Waals surface area (Å²) in [7, 11) is 0. The van der Waals surface area contributed by atoms with Crippen LogP contribution in [0.5, 0.6) is 0 Å². The second-order valence-corrected chi connectivity index (χ2v) is 4.15. The van der Waals surface area contributed by atoms with Gasteiger partial charge in [-0.25, -0.2) is 0 Å². The zero-order valence-electron chi connectivity index (χ0n) is 8.97. The van der Waals surface area contributed by atoms with E-state index in [1.807, 2.05) is 0 Å². The van der Waals surface area contributed by atoms with Gasteiger partial charge in [-0.05, 0) is 44.7 Å². The summed E-state index contributed by atoms with van der Waals surface area (Å²) < 4.78 is 0. The van der Waals surface area contributed by atoms with Crippen LogP contribution >= 0.6 is 0 Å². The zero-order chi connectivity index (χ0) is 10.2. The normalized spacial score (nSPS) is 26.3. The first kappa shape index (κ1) is 11.6. The third-order valence-electron chi connectivity index (χ3n) is 3.12. The Morgan fingerprint density at radius 2 is 2.21 bits per heavy atom. The van der Waals surface area contributed by atoms with Crippen molar-refractivity contribution in [1.29, 1.82) is 0 Å². The fourth-order valence-corrected chi connectivity index (χ4v) is 2.23. The number of unbranched alkanes of at least 4 members (excludes halogenated alkanes) is 2. The van der Waals surface area contributed by atoms with Gasteiger partial charge in [-0.1, -0.05) is 6.42 Å². The molecule has 0 amide bonds. The minimum atomic E-state index is 0.672. The maximum Gasteiger partial charge on any atom is 0.0107 e. The van der Waals surface area contributed by atoms with Crippen molar-refractivity contribution in [2.45, 2.75) is 44.6 Å². The van der Waals surface area contributed by atoms with Crippen LogP contribution < -0.4 is 11.1 Å². The fraction of sp³-hybridized carbons (Fsp3) is 0.833. The quantitative estimate of drug-likeness (QED) is 0.497. The Morgan fingerprint density at radius 1 is 1.36 bits per heavy atom. The van der Waals surface area contributed by atoms with Crippen molar-refractivity contribution in [3.8, 4) is 12.3 Å². The van der Waals surface area contributed by atoms with E-state index < -0.39 is 0 Å². The molecule has 1 fully saturated rings. The predicted molar refractivity (Wildman–Crippen MR) is 60.9 cm³/mol. The number of hydrogen-bond acceptors (Lipinski definition) is 2. The Balaban J connectivity index is 2.03. The van der Waals surface area contributed by atoms with Crippen molar-refractivity contribution in [3.63, 3.8) is 0 Å². The van der Waals surface area contributed by atoms with Crippen LogP contribution in [0, 0.1) is 18.3 Å².